The molecule has 0 aliphatic heterocycles. The normalized spacial score (nSPS) is 11.1. The van der Waals surface area contributed by atoms with E-state index in [1.807, 2.05) is 6.92 Å². The Balaban J connectivity index is 2.36. The Morgan fingerprint density at radius 1 is 1.00 bits per heavy atom. The standard InChI is InChI=1S/C15H8Cl2F2N2/c1-7-5-8-13(9(16)6-7)20-15(21-14(8)17)12-10(18)3-2-4-11(12)19/h2-6H,1H3. The molecule has 0 atom stereocenters. The third-order valence-corrected chi connectivity index (χ3v) is 3.61. The molecule has 0 aliphatic carbocycles. The van der Waals surface area contributed by atoms with Crippen LogP contribution < -0.4 is 0 Å². The quantitative estimate of drug-likeness (QED) is 0.575. The average molecular weight is 325 g/mol. The number of aromatic nitrogens is 2. The van der Waals surface area contributed by atoms with Crippen LogP contribution in [-0.2, 0) is 0 Å². The van der Waals surface area contributed by atoms with Gasteiger partial charge in [-0.3, -0.25) is 0 Å². The van der Waals surface area contributed by atoms with E-state index in [2.05, 4.69) is 9.97 Å². The van der Waals surface area contributed by atoms with E-state index in [0.717, 1.165) is 17.7 Å². The second-order valence-electron chi connectivity index (χ2n) is 4.58. The number of hydrogen-bond acceptors (Lipinski definition) is 2. The molecule has 0 unspecified atom stereocenters. The molecule has 1 aromatic heterocycles. The van der Waals surface area contributed by atoms with Gasteiger partial charge in [0.25, 0.3) is 0 Å². The van der Waals surface area contributed by atoms with Crippen LogP contribution in [0.1, 0.15) is 5.56 Å². The smallest absolute Gasteiger partial charge is 0.167 e. The second-order valence-corrected chi connectivity index (χ2v) is 5.34. The number of aryl methyl sites for hydroxylation is 1. The fourth-order valence-electron chi connectivity index (χ4n) is 2.11. The van der Waals surface area contributed by atoms with Gasteiger partial charge < -0.3 is 0 Å². The zero-order valence-electron chi connectivity index (χ0n) is 10.8. The van der Waals surface area contributed by atoms with Crippen LogP contribution >= 0.6 is 23.2 Å². The minimum atomic E-state index is -0.756. The molecule has 0 bridgehead atoms. The Kier molecular flexibility index (Phi) is 3.51. The van der Waals surface area contributed by atoms with E-state index in [1.165, 1.54) is 6.07 Å². The zero-order chi connectivity index (χ0) is 15.1. The van der Waals surface area contributed by atoms with Crippen molar-refractivity contribution in [1.29, 1.82) is 0 Å². The maximum atomic E-state index is 13.8. The SMILES string of the molecule is Cc1cc(Cl)c2nc(-c3c(F)cccc3F)nc(Cl)c2c1. The van der Waals surface area contributed by atoms with Crippen molar-refractivity contribution in [3.8, 4) is 11.4 Å². The van der Waals surface area contributed by atoms with Gasteiger partial charge in [0.15, 0.2) is 5.82 Å². The summed E-state index contributed by atoms with van der Waals surface area (Å²) in [6.45, 7) is 1.85. The number of fused-ring (bicyclic) bond motifs is 1. The molecule has 0 aliphatic rings. The van der Waals surface area contributed by atoms with Crippen molar-refractivity contribution < 1.29 is 8.78 Å². The molecule has 0 fully saturated rings. The van der Waals surface area contributed by atoms with Gasteiger partial charge in [0.1, 0.15) is 16.8 Å². The first kappa shape index (κ1) is 14.2. The van der Waals surface area contributed by atoms with Crippen LogP contribution in [0.4, 0.5) is 8.78 Å². The van der Waals surface area contributed by atoms with Crippen molar-refractivity contribution in [3.05, 3.63) is 57.7 Å². The molecule has 6 heteroatoms. The Morgan fingerprint density at radius 3 is 2.33 bits per heavy atom. The summed E-state index contributed by atoms with van der Waals surface area (Å²) in [5.41, 5.74) is 0.931. The van der Waals surface area contributed by atoms with Crippen molar-refractivity contribution in [2.45, 2.75) is 6.92 Å². The van der Waals surface area contributed by atoms with E-state index in [9.17, 15) is 8.78 Å². The molecule has 0 amide bonds. The van der Waals surface area contributed by atoms with Gasteiger partial charge in [-0.15, -0.1) is 0 Å². The van der Waals surface area contributed by atoms with Crippen LogP contribution in [0.15, 0.2) is 30.3 Å². The van der Waals surface area contributed by atoms with Crippen LogP contribution in [0.25, 0.3) is 22.3 Å². The van der Waals surface area contributed by atoms with Gasteiger partial charge in [0.2, 0.25) is 0 Å². The van der Waals surface area contributed by atoms with Gasteiger partial charge >= 0.3 is 0 Å². The highest BCUT2D eigenvalue weighted by Gasteiger charge is 2.17. The van der Waals surface area contributed by atoms with Crippen LogP contribution in [0.5, 0.6) is 0 Å². The molecule has 3 rings (SSSR count). The lowest BCUT2D eigenvalue weighted by atomic mass is 10.1. The molecule has 3 aromatic rings. The predicted molar refractivity (Wildman–Crippen MR) is 79.6 cm³/mol. The van der Waals surface area contributed by atoms with Gasteiger partial charge in [-0.25, -0.2) is 18.7 Å². The highest BCUT2D eigenvalue weighted by molar-refractivity contribution is 6.38. The monoisotopic (exact) mass is 324 g/mol. The Hall–Kier alpha value is -1.78. The van der Waals surface area contributed by atoms with Crippen molar-refractivity contribution in [2.24, 2.45) is 0 Å². The molecule has 0 radical (unpaired) electrons. The minimum Gasteiger partial charge on any atom is -0.226 e. The maximum absolute atomic E-state index is 13.8. The lowest BCUT2D eigenvalue weighted by Crippen LogP contribution is -1.98. The lowest BCUT2D eigenvalue weighted by Gasteiger charge is -2.08. The minimum absolute atomic E-state index is 0.100. The summed E-state index contributed by atoms with van der Waals surface area (Å²) in [7, 11) is 0. The Labute approximate surface area is 129 Å². The molecule has 2 nitrogen and oxygen atoms in total. The van der Waals surface area contributed by atoms with Crippen LogP contribution in [0.2, 0.25) is 10.2 Å². The number of rotatable bonds is 1. The van der Waals surface area contributed by atoms with E-state index in [-0.39, 0.29) is 16.5 Å². The number of nitrogens with zero attached hydrogens (tertiary/aromatic N) is 2. The third-order valence-electron chi connectivity index (χ3n) is 3.04. The molecule has 1 heterocycles. The van der Waals surface area contributed by atoms with Crippen LogP contribution in [-0.4, -0.2) is 9.97 Å². The van der Waals surface area contributed by atoms with E-state index in [4.69, 9.17) is 23.2 Å². The van der Waals surface area contributed by atoms with Crippen molar-refractivity contribution in [2.75, 3.05) is 0 Å². The Morgan fingerprint density at radius 2 is 1.67 bits per heavy atom. The number of halogens is 4. The molecular weight excluding hydrogens is 317 g/mol. The van der Waals surface area contributed by atoms with Crippen molar-refractivity contribution in [1.82, 2.24) is 9.97 Å². The molecule has 0 saturated heterocycles. The molecule has 21 heavy (non-hydrogen) atoms. The van der Waals surface area contributed by atoms with Crippen LogP contribution in [0.3, 0.4) is 0 Å². The lowest BCUT2D eigenvalue weighted by molar-refractivity contribution is 0.587. The van der Waals surface area contributed by atoms with Gasteiger partial charge in [-0.05, 0) is 36.8 Å². The third kappa shape index (κ3) is 2.45. The summed E-state index contributed by atoms with van der Waals surface area (Å²) < 4.78 is 27.7. The largest absolute Gasteiger partial charge is 0.226 e. The topological polar surface area (TPSA) is 25.8 Å². The van der Waals surface area contributed by atoms with Gasteiger partial charge in [-0.1, -0.05) is 29.3 Å². The van der Waals surface area contributed by atoms with Crippen molar-refractivity contribution in [3.63, 3.8) is 0 Å². The van der Waals surface area contributed by atoms with E-state index >= 15 is 0 Å². The summed E-state index contributed by atoms with van der Waals surface area (Å²) in [5.74, 6) is -1.64. The average Bonchev–Trinajstić information content (AvgIpc) is 2.40. The van der Waals surface area contributed by atoms with Crippen molar-refractivity contribution >= 4 is 34.1 Å². The summed E-state index contributed by atoms with van der Waals surface area (Å²) in [4.78, 5) is 8.15. The van der Waals surface area contributed by atoms with E-state index < -0.39 is 11.6 Å². The van der Waals surface area contributed by atoms with E-state index in [0.29, 0.717) is 15.9 Å². The predicted octanol–water partition coefficient (Wildman–Crippen LogP) is 5.19. The second kappa shape index (κ2) is 5.20. The Bertz CT molecular complexity index is 846. The summed E-state index contributed by atoms with van der Waals surface area (Å²) >= 11 is 12.2. The molecule has 2 aromatic carbocycles. The maximum Gasteiger partial charge on any atom is 0.167 e. The molecule has 0 saturated carbocycles. The van der Waals surface area contributed by atoms with Gasteiger partial charge in [0, 0.05) is 5.39 Å². The molecule has 106 valence electrons. The first-order valence-electron chi connectivity index (χ1n) is 6.05. The van der Waals surface area contributed by atoms with Crippen LogP contribution in [0, 0.1) is 18.6 Å². The molecular formula is C15H8Cl2F2N2. The van der Waals surface area contributed by atoms with Gasteiger partial charge in [-0.2, -0.15) is 0 Å². The first-order valence-corrected chi connectivity index (χ1v) is 6.81. The first-order chi connectivity index (χ1) is 9.97. The van der Waals surface area contributed by atoms with E-state index in [1.54, 1.807) is 12.1 Å². The summed E-state index contributed by atoms with van der Waals surface area (Å²) in [5, 5.41) is 0.998. The summed E-state index contributed by atoms with van der Waals surface area (Å²) in [6.07, 6.45) is 0. The highest BCUT2D eigenvalue weighted by atomic mass is 35.5. The van der Waals surface area contributed by atoms with Gasteiger partial charge in [0.05, 0.1) is 16.1 Å². The zero-order valence-corrected chi connectivity index (χ0v) is 12.3. The fourth-order valence-corrected chi connectivity index (χ4v) is 2.65. The molecule has 0 spiro atoms. The summed E-state index contributed by atoms with van der Waals surface area (Å²) in [6, 6.07) is 7.01. The number of hydrogen-bond donors (Lipinski definition) is 0. The number of benzene rings is 2. The highest BCUT2D eigenvalue weighted by Crippen LogP contribution is 2.32. The molecule has 0 N–H and O–H groups in total. The fraction of sp³-hybridized carbons (Fsp3) is 0.0667.